The van der Waals surface area contributed by atoms with Gasteiger partial charge in [0.1, 0.15) is 0 Å². The van der Waals surface area contributed by atoms with Crippen LogP contribution >= 0.6 is 0 Å². The van der Waals surface area contributed by atoms with Crippen molar-refractivity contribution in [3.05, 3.63) is 0 Å². The summed E-state index contributed by atoms with van der Waals surface area (Å²) < 4.78 is 6.19. The topological polar surface area (TPSA) is 29.5 Å². The van der Waals surface area contributed by atoms with E-state index in [4.69, 9.17) is 4.74 Å². The predicted octanol–water partition coefficient (Wildman–Crippen LogP) is 2.60. The highest BCUT2D eigenvalue weighted by molar-refractivity contribution is 5.10. The average molecular weight is 224 g/mol. The van der Waals surface area contributed by atoms with Crippen LogP contribution < -0.4 is 0 Å². The van der Waals surface area contributed by atoms with Crippen molar-refractivity contribution >= 4 is 0 Å². The van der Waals surface area contributed by atoms with Gasteiger partial charge in [-0.1, -0.05) is 13.8 Å². The number of ether oxygens (including phenoxy) is 1. The molecule has 1 aliphatic heterocycles. The Kier molecular flexibility index (Phi) is 2.38. The minimum absolute atomic E-state index is 0.0116. The number of aliphatic hydroxyl groups excluding tert-OH is 1. The first-order valence-corrected chi connectivity index (χ1v) is 6.89. The third kappa shape index (κ3) is 1.32. The van der Waals surface area contributed by atoms with Crippen LogP contribution in [0.4, 0.5) is 0 Å². The SMILES string of the molecule is CC(C)[C@H]1CC[C@H]2O[C@]3(C)CC[C@H]2[C@@H]3[C@H]1O. The van der Waals surface area contributed by atoms with Crippen molar-refractivity contribution < 1.29 is 9.84 Å². The highest BCUT2D eigenvalue weighted by Gasteiger charge is 2.61. The molecule has 0 unspecified atom stereocenters. The first-order valence-electron chi connectivity index (χ1n) is 6.89. The predicted molar refractivity (Wildman–Crippen MR) is 63.1 cm³/mol. The number of hydrogen-bond acceptors (Lipinski definition) is 2. The van der Waals surface area contributed by atoms with Crippen LogP contribution in [0.15, 0.2) is 0 Å². The lowest BCUT2D eigenvalue weighted by atomic mass is 9.76. The molecular formula is C14H24O2. The molecule has 92 valence electrons. The second-order valence-corrected chi connectivity index (χ2v) is 6.67. The molecular weight excluding hydrogens is 200 g/mol. The van der Waals surface area contributed by atoms with E-state index >= 15 is 0 Å². The molecule has 1 N–H and O–H groups in total. The second-order valence-electron chi connectivity index (χ2n) is 6.67. The molecule has 4 bridgehead atoms. The molecule has 3 fully saturated rings. The Bertz CT molecular complexity index is 288. The molecule has 2 saturated carbocycles. The Morgan fingerprint density at radius 1 is 1.25 bits per heavy atom. The maximum atomic E-state index is 10.7. The molecule has 0 aromatic heterocycles. The van der Waals surface area contributed by atoms with Gasteiger partial charge in [-0.25, -0.2) is 0 Å². The minimum atomic E-state index is -0.134. The van der Waals surface area contributed by atoms with E-state index in [-0.39, 0.29) is 11.7 Å². The summed E-state index contributed by atoms with van der Waals surface area (Å²) in [6, 6.07) is 0. The molecule has 16 heavy (non-hydrogen) atoms. The van der Waals surface area contributed by atoms with E-state index in [1.807, 2.05) is 0 Å². The van der Waals surface area contributed by atoms with Gasteiger partial charge >= 0.3 is 0 Å². The van der Waals surface area contributed by atoms with E-state index in [0.717, 1.165) is 19.3 Å². The summed E-state index contributed by atoms with van der Waals surface area (Å²) in [5.74, 6) is 2.13. The van der Waals surface area contributed by atoms with Crippen molar-refractivity contribution in [2.75, 3.05) is 0 Å². The smallest absolute Gasteiger partial charge is 0.0714 e. The van der Waals surface area contributed by atoms with E-state index in [1.54, 1.807) is 0 Å². The fraction of sp³-hybridized carbons (Fsp3) is 1.00. The zero-order chi connectivity index (χ0) is 11.5. The summed E-state index contributed by atoms with van der Waals surface area (Å²) in [5.41, 5.74) is -0.0116. The van der Waals surface area contributed by atoms with Crippen LogP contribution in [-0.4, -0.2) is 22.9 Å². The Hall–Kier alpha value is -0.0800. The molecule has 1 heterocycles. The lowest BCUT2D eigenvalue weighted by Crippen LogP contribution is -2.42. The van der Waals surface area contributed by atoms with Crippen LogP contribution in [0.1, 0.15) is 46.5 Å². The summed E-state index contributed by atoms with van der Waals surface area (Å²) in [5, 5.41) is 10.7. The Morgan fingerprint density at radius 2 is 2.00 bits per heavy atom. The summed E-state index contributed by atoms with van der Waals surface area (Å²) in [4.78, 5) is 0. The van der Waals surface area contributed by atoms with Gasteiger partial charge in [0, 0.05) is 5.92 Å². The van der Waals surface area contributed by atoms with Gasteiger partial charge in [-0.2, -0.15) is 0 Å². The maximum absolute atomic E-state index is 10.7. The van der Waals surface area contributed by atoms with Crippen LogP contribution in [0.5, 0.6) is 0 Å². The lowest BCUT2D eigenvalue weighted by Gasteiger charge is -2.37. The molecule has 3 rings (SSSR count). The van der Waals surface area contributed by atoms with Gasteiger partial charge in [-0.05, 0) is 50.4 Å². The molecule has 0 amide bonds. The third-order valence-corrected chi connectivity index (χ3v) is 5.49. The summed E-state index contributed by atoms with van der Waals surface area (Å²) >= 11 is 0. The fourth-order valence-electron chi connectivity index (χ4n) is 4.65. The molecule has 0 radical (unpaired) electrons. The average Bonchev–Trinajstić information content (AvgIpc) is 2.60. The number of hydrogen-bond donors (Lipinski definition) is 1. The lowest BCUT2D eigenvalue weighted by molar-refractivity contribution is -0.105. The minimum Gasteiger partial charge on any atom is -0.392 e. The molecule has 2 heteroatoms. The third-order valence-electron chi connectivity index (χ3n) is 5.49. The second kappa shape index (κ2) is 3.46. The molecule has 0 aromatic carbocycles. The van der Waals surface area contributed by atoms with Gasteiger partial charge in [-0.15, -0.1) is 0 Å². The van der Waals surface area contributed by atoms with Crippen LogP contribution in [0.25, 0.3) is 0 Å². The van der Waals surface area contributed by atoms with Crippen LogP contribution in [0.3, 0.4) is 0 Å². The van der Waals surface area contributed by atoms with Gasteiger partial charge in [-0.3, -0.25) is 0 Å². The van der Waals surface area contributed by atoms with E-state index in [2.05, 4.69) is 20.8 Å². The quantitative estimate of drug-likeness (QED) is 0.742. The van der Waals surface area contributed by atoms with Crippen molar-refractivity contribution in [1.82, 2.24) is 0 Å². The molecule has 0 spiro atoms. The first-order chi connectivity index (χ1) is 7.53. The van der Waals surface area contributed by atoms with Crippen molar-refractivity contribution in [2.24, 2.45) is 23.7 Å². The zero-order valence-electron chi connectivity index (χ0n) is 10.6. The van der Waals surface area contributed by atoms with E-state index in [1.165, 1.54) is 6.42 Å². The molecule has 0 aromatic rings. The van der Waals surface area contributed by atoms with Crippen molar-refractivity contribution in [2.45, 2.75) is 64.3 Å². The molecule has 6 atom stereocenters. The van der Waals surface area contributed by atoms with Crippen LogP contribution in [-0.2, 0) is 4.74 Å². The Morgan fingerprint density at radius 3 is 2.69 bits per heavy atom. The van der Waals surface area contributed by atoms with E-state index < -0.39 is 0 Å². The maximum Gasteiger partial charge on any atom is 0.0714 e. The number of rotatable bonds is 1. The molecule has 3 aliphatic rings. The van der Waals surface area contributed by atoms with Gasteiger partial charge in [0.05, 0.1) is 17.8 Å². The zero-order valence-corrected chi connectivity index (χ0v) is 10.6. The summed E-state index contributed by atoms with van der Waals surface area (Å²) in [6.07, 6.45) is 5.05. The normalized spacial score (nSPS) is 55.7. The molecule has 2 aliphatic carbocycles. The number of aliphatic hydroxyl groups is 1. The molecule has 1 saturated heterocycles. The van der Waals surface area contributed by atoms with Crippen molar-refractivity contribution in [1.29, 1.82) is 0 Å². The fourth-order valence-corrected chi connectivity index (χ4v) is 4.65. The van der Waals surface area contributed by atoms with Gasteiger partial charge in [0.2, 0.25) is 0 Å². The standard InChI is InChI=1S/C14H24O2/c1-8(2)9-4-5-11-10-6-7-14(3,16-11)12(10)13(9)15/h8-13,15H,4-7H2,1-3H3/t9-,10-,11-,12-,13+,14-/m1/s1. The Labute approximate surface area is 98.4 Å². The van der Waals surface area contributed by atoms with Crippen LogP contribution in [0, 0.1) is 23.7 Å². The monoisotopic (exact) mass is 224 g/mol. The first kappa shape index (κ1) is 11.0. The van der Waals surface area contributed by atoms with Crippen molar-refractivity contribution in [3.63, 3.8) is 0 Å². The largest absolute Gasteiger partial charge is 0.392 e. The molecule has 2 nitrogen and oxygen atoms in total. The van der Waals surface area contributed by atoms with Gasteiger partial charge < -0.3 is 9.84 Å². The van der Waals surface area contributed by atoms with Crippen molar-refractivity contribution in [3.8, 4) is 0 Å². The van der Waals surface area contributed by atoms with E-state index in [0.29, 0.717) is 29.8 Å². The van der Waals surface area contributed by atoms with Crippen LogP contribution in [0.2, 0.25) is 0 Å². The van der Waals surface area contributed by atoms with E-state index in [9.17, 15) is 5.11 Å². The Balaban J connectivity index is 1.92. The highest BCUT2D eigenvalue weighted by Crippen LogP contribution is 2.58. The summed E-state index contributed by atoms with van der Waals surface area (Å²) in [6.45, 7) is 6.72. The van der Waals surface area contributed by atoms with Gasteiger partial charge in [0.15, 0.2) is 0 Å². The summed E-state index contributed by atoms with van der Waals surface area (Å²) in [7, 11) is 0. The van der Waals surface area contributed by atoms with Gasteiger partial charge in [0.25, 0.3) is 0 Å². The highest BCUT2D eigenvalue weighted by atomic mass is 16.5.